The van der Waals surface area contributed by atoms with Crippen LogP contribution < -0.4 is 0 Å². The first-order chi connectivity index (χ1) is 7.07. The molecule has 2 atom stereocenters. The number of hydrogen-bond acceptors (Lipinski definition) is 2. The summed E-state index contributed by atoms with van der Waals surface area (Å²) >= 11 is 5.20. The van der Waals surface area contributed by atoms with Crippen LogP contribution in [0.2, 0.25) is 0 Å². The summed E-state index contributed by atoms with van der Waals surface area (Å²) in [7, 11) is 0. The van der Waals surface area contributed by atoms with Gasteiger partial charge in [0.25, 0.3) is 0 Å². The van der Waals surface area contributed by atoms with Crippen molar-refractivity contribution >= 4 is 27.3 Å². The maximum atomic E-state index is 10.5. The Morgan fingerprint density at radius 1 is 1.60 bits per heavy atom. The van der Waals surface area contributed by atoms with Crippen LogP contribution in [-0.4, -0.2) is 10.7 Å². The Balaban J connectivity index is 2.03. The van der Waals surface area contributed by atoms with Crippen LogP contribution in [0.15, 0.2) is 15.9 Å². The van der Waals surface area contributed by atoms with E-state index in [0.717, 1.165) is 23.0 Å². The summed E-state index contributed by atoms with van der Waals surface area (Å²) in [5, 5.41) is 10.5. The zero-order valence-corrected chi connectivity index (χ0v) is 11.4. The van der Waals surface area contributed by atoms with Gasteiger partial charge >= 0.3 is 0 Å². The van der Waals surface area contributed by atoms with Crippen molar-refractivity contribution in [3.63, 3.8) is 0 Å². The summed E-state index contributed by atoms with van der Waals surface area (Å²) in [6, 6.07) is 4.18. The molecule has 1 saturated carbocycles. The van der Waals surface area contributed by atoms with E-state index in [0.29, 0.717) is 5.92 Å². The Hall–Kier alpha value is 0.140. The summed E-state index contributed by atoms with van der Waals surface area (Å²) in [6.07, 6.45) is 5.20. The van der Waals surface area contributed by atoms with Gasteiger partial charge in [-0.15, -0.1) is 11.3 Å². The molecule has 0 aliphatic heterocycles. The largest absolute Gasteiger partial charge is 0.390 e. The quantitative estimate of drug-likeness (QED) is 0.872. The predicted molar refractivity (Wildman–Crippen MR) is 68.3 cm³/mol. The Bertz CT molecular complexity index is 336. The third-order valence-corrected chi connectivity index (χ3v) is 4.82. The SMILES string of the molecule is CC1CCCC(O)(Cc2ccc(Br)s2)C1. The highest BCUT2D eigenvalue weighted by atomic mass is 79.9. The third kappa shape index (κ3) is 3.05. The van der Waals surface area contributed by atoms with Crippen molar-refractivity contribution in [1.29, 1.82) is 0 Å². The molecule has 1 aliphatic carbocycles. The van der Waals surface area contributed by atoms with Gasteiger partial charge in [-0.1, -0.05) is 19.8 Å². The average Bonchev–Trinajstić information content (AvgIpc) is 2.49. The fourth-order valence-electron chi connectivity index (χ4n) is 2.56. The molecule has 2 rings (SSSR count). The van der Waals surface area contributed by atoms with Crippen molar-refractivity contribution in [1.82, 2.24) is 0 Å². The van der Waals surface area contributed by atoms with Gasteiger partial charge in [-0.25, -0.2) is 0 Å². The van der Waals surface area contributed by atoms with Crippen LogP contribution in [0.5, 0.6) is 0 Å². The highest BCUT2D eigenvalue weighted by molar-refractivity contribution is 9.11. The normalized spacial score (nSPS) is 31.8. The number of halogens is 1. The van der Waals surface area contributed by atoms with Crippen molar-refractivity contribution in [2.75, 3.05) is 0 Å². The van der Waals surface area contributed by atoms with Crippen LogP contribution >= 0.6 is 27.3 Å². The molecule has 1 aliphatic rings. The first-order valence-corrected chi connectivity index (χ1v) is 7.15. The van der Waals surface area contributed by atoms with E-state index in [1.165, 1.54) is 17.7 Å². The lowest BCUT2D eigenvalue weighted by atomic mass is 9.77. The molecule has 0 radical (unpaired) electrons. The minimum Gasteiger partial charge on any atom is -0.390 e. The molecule has 3 heteroatoms. The average molecular weight is 289 g/mol. The molecule has 1 aromatic heterocycles. The number of aliphatic hydroxyl groups is 1. The zero-order valence-electron chi connectivity index (χ0n) is 9.00. The molecule has 1 heterocycles. The van der Waals surface area contributed by atoms with E-state index in [4.69, 9.17) is 0 Å². The van der Waals surface area contributed by atoms with Crippen molar-refractivity contribution in [2.24, 2.45) is 5.92 Å². The molecule has 0 spiro atoms. The maximum absolute atomic E-state index is 10.5. The van der Waals surface area contributed by atoms with Gasteiger partial charge in [-0.3, -0.25) is 0 Å². The number of rotatable bonds is 2. The maximum Gasteiger partial charge on any atom is 0.0701 e. The molecule has 1 fully saturated rings. The molecule has 0 amide bonds. The van der Waals surface area contributed by atoms with Crippen molar-refractivity contribution < 1.29 is 5.11 Å². The van der Waals surface area contributed by atoms with Crippen LogP contribution in [0.3, 0.4) is 0 Å². The van der Waals surface area contributed by atoms with E-state index in [1.807, 2.05) is 0 Å². The minimum absolute atomic E-state index is 0.442. The highest BCUT2D eigenvalue weighted by Crippen LogP contribution is 2.36. The summed E-state index contributed by atoms with van der Waals surface area (Å²) in [5.41, 5.74) is -0.442. The van der Waals surface area contributed by atoms with Crippen molar-refractivity contribution in [2.45, 2.75) is 44.6 Å². The molecular weight excluding hydrogens is 272 g/mol. The fraction of sp³-hybridized carbons (Fsp3) is 0.667. The Morgan fingerprint density at radius 3 is 3.00 bits per heavy atom. The van der Waals surface area contributed by atoms with Crippen LogP contribution in [0.4, 0.5) is 0 Å². The summed E-state index contributed by atoms with van der Waals surface area (Å²) in [6.45, 7) is 2.24. The first kappa shape index (κ1) is 11.6. The topological polar surface area (TPSA) is 20.2 Å². The van der Waals surface area contributed by atoms with Crippen LogP contribution in [0.1, 0.15) is 37.5 Å². The van der Waals surface area contributed by atoms with Crippen LogP contribution in [-0.2, 0) is 6.42 Å². The lowest BCUT2D eigenvalue weighted by Gasteiger charge is -2.35. The minimum atomic E-state index is -0.442. The molecule has 1 N–H and O–H groups in total. The lowest BCUT2D eigenvalue weighted by molar-refractivity contribution is -0.0117. The molecule has 0 bridgehead atoms. The Kier molecular flexibility index (Phi) is 3.53. The Morgan fingerprint density at radius 2 is 2.40 bits per heavy atom. The molecule has 2 unspecified atom stereocenters. The van der Waals surface area contributed by atoms with Gasteiger partial charge < -0.3 is 5.11 Å². The smallest absolute Gasteiger partial charge is 0.0701 e. The summed E-state index contributed by atoms with van der Waals surface area (Å²) in [5.74, 6) is 0.673. The predicted octanol–water partition coefficient (Wildman–Crippen LogP) is 3.99. The van der Waals surface area contributed by atoms with E-state index >= 15 is 0 Å². The molecule has 0 saturated heterocycles. The van der Waals surface area contributed by atoms with Gasteiger partial charge in [0.2, 0.25) is 0 Å². The van der Waals surface area contributed by atoms with E-state index in [1.54, 1.807) is 11.3 Å². The van der Waals surface area contributed by atoms with Gasteiger partial charge in [0.15, 0.2) is 0 Å². The van der Waals surface area contributed by atoms with E-state index in [2.05, 4.69) is 35.0 Å². The van der Waals surface area contributed by atoms with Gasteiger partial charge in [-0.2, -0.15) is 0 Å². The van der Waals surface area contributed by atoms with Crippen molar-refractivity contribution in [3.8, 4) is 0 Å². The monoisotopic (exact) mass is 288 g/mol. The van der Waals surface area contributed by atoms with Gasteiger partial charge in [-0.05, 0) is 46.8 Å². The summed E-state index contributed by atoms with van der Waals surface area (Å²) < 4.78 is 1.16. The first-order valence-electron chi connectivity index (χ1n) is 5.54. The zero-order chi connectivity index (χ0) is 10.9. The summed E-state index contributed by atoms with van der Waals surface area (Å²) in [4.78, 5) is 1.29. The Labute approximate surface area is 104 Å². The molecule has 84 valence electrons. The number of thiophene rings is 1. The highest BCUT2D eigenvalue weighted by Gasteiger charge is 2.32. The molecule has 1 aromatic rings. The van der Waals surface area contributed by atoms with Gasteiger partial charge in [0.05, 0.1) is 9.39 Å². The second kappa shape index (κ2) is 4.56. The standard InChI is InChI=1S/C12H17BrOS/c1-9-3-2-6-12(14,7-9)8-10-4-5-11(13)15-10/h4-5,9,14H,2-3,6-8H2,1H3. The van der Waals surface area contributed by atoms with Gasteiger partial charge in [0.1, 0.15) is 0 Å². The van der Waals surface area contributed by atoms with Crippen LogP contribution in [0, 0.1) is 5.92 Å². The molecule has 1 nitrogen and oxygen atoms in total. The van der Waals surface area contributed by atoms with E-state index in [9.17, 15) is 5.11 Å². The number of hydrogen-bond donors (Lipinski definition) is 1. The molecule has 0 aromatic carbocycles. The van der Waals surface area contributed by atoms with Crippen LogP contribution in [0.25, 0.3) is 0 Å². The second-order valence-corrected chi connectivity index (χ2v) is 7.36. The molecule has 15 heavy (non-hydrogen) atoms. The second-order valence-electron chi connectivity index (χ2n) is 4.81. The fourth-order valence-corrected chi connectivity index (χ4v) is 4.18. The van der Waals surface area contributed by atoms with E-state index in [-0.39, 0.29) is 0 Å². The lowest BCUT2D eigenvalue weighted by Crippen LogP contribution is -2.36. The van der Waals surface area contributed by atoms with Crippen molar-refractivity contribution in [3.05, 3.63) is 20.8 Å². The van der Waals surface area contributed by atoms with E-state index < -0.39 is 5.60 Å². The third-order valence-electron chi connectivity index (χ3n) is 3.20. The molecular formula is C12H17BrOS. The van der Waals surface area contributed by atoms with Gasteiger partial charge in [0, 0.05) is 11.3 Å².